The van der Waals surface area contributed by atoms with E-state index in [-0.39, 0.29) is 17.5 Å². The van der Waals surface area contributed by atoms with E-state index in [1.807, 2.05) is 10.9 Å². The van der Waals surface area contributed by atoms with Crippen LogP contribution in [0.1, 0.15) is 67.3 Å². The lowest BCUT2D eigenvalue weighted by molar-refractivity contribution is -0.145. The maximum atomic E-state index is 12.7. The van der Waals surface area contributed by atoms with E-state index in [1.165, 1.54) is 0 Å². The molecule has 0 bridgehead atoms. The van der Waals surface area contributed by atoms with E-state index in [4.69, 9.17) is 0 Å². The first-order valence-electron chi connectivity index (χ1n) is 10.9. The highest BCUT2D eigenvalue weighted by Gasteiger charge is 2.34. The molecule has 8 nitrogen and oxygen atoms in total. The Kier molecular flexibility index (Phi) is 6.15. The van der Waals surface area contributed by atoms with Crippen molar-refractivity contribution >= 4 is 28.8 Å². The van der Waals surface area contributed by atoms with Crippen LogP contribution < -0.4 is 5.32 Å². The van der Waals surface area contributed by atoms with Crippen molar-refractivity contribution < 1.29 is 27.9 Å². The number of aliphatic hydroxyl groups is 1. The molecule has 0 saturated heterocycles. The molecule has 3 aromatic rings. The van der Waals surface area contributed by atoms with Crippen molar-refractivity contribution in [2.75, 3.05) is 5.32 Å². The van der Waals surface area contributed by atoms with Gasteiger partial charge in [-0.25, -0.2) is 9.97 Å². The van der Waals surface area contributed by atoms with Crippen molar-refractivity contribution in [2.45, 2.75) is 57.3 Å². The number of carbonyl (C=O) groups is 2. The van der Waals surface area contributed by atoms with Gasteiger partial charge in [0.05, 0.1) is 22.7 Å². The number of benzene rings is 1. The summed E-state index contributed by atoms with van der Waals surface area (Å²) in [6.07, 6.45) is 3.02. The molecule has 1 aliphatic rings. The van der Waals surface area contributed by atoms with Gasteiger partial charge in [-0.2, -0.15) is 18.3 Å². The number of anilines is 1. The lowest BCUT2D eigenvalue weighted by atomic mass is 9.87. The molecule has 180 valence electrons. The molecule has 2 aromatic heterocycles. The van der Waals surface area contributed by atoms with E-state index in [1.54, 1.807) is 26.0 Å². The number of alkyl halides is 3. The number of amides is 1. The summed E-state index contributed by atoms with van der Waals surface area (Å²) in [5, 5.41) is 18.7. The zero-order chi connectivity index (χ0) is 24.7. The molecule has 1 aromatic carbocycles. The highest BCUT2D eigenvalue weighted by atomic mass is 19.4. The molecule has 1 aliphatic carbocycles. The number of halogens is 3. The van der Waals surface area contributed by atoms with Crippen molar-refractivity contribution in [1.82, 2.24) is 19.7 Å². The molecule has 2 heterocycles. The standard InChI is InChI=1S/C23H24F3N5O3/c1-22(2,34)17-8-18-14(11-31(30-18)16-5-3-13(12-32)4-6-16)7-19(17)29-20(33)15-9-27-21(28-10-15)23(24,25)26/h7-13,16,34H,3-6H2,1-2H3,(H,29,33). The van der Waals surface area contributed by atoms with Crippen LogP contribution in [0.5, 0.6) is 0 Å². The minimum atomic E-state index is -4.71. The summed E-state index contributed by atoms with van der Waals surface area (Å²) in [4.78, 5) is 30.2. The second-order valence-electron chi connectivity index (χ2n) is 9.08. The van der Waals surface area contributed by atoms with Crippen molar-refractivity contribution in [2.24, 2.45) is 5.92 Å². The first-order chi connectivity index (χ1) is 16.0. The van der Waals surface area contributed by atoms with Crippen LogP contribution in [0.25, 0.3) is 10.9 Å². The first-order valence-corrected chi connectivity index (χ1v) is 10.9. The third kappa shape index (κ3) is 4.93. The van der Waals surface area contributed by atoms with Crippen LogP contribution >= 0.6 is 0 Å². The van der Waals surface area contributed by atoms with E-state index >= 15 is 0 Å². The quantitative estimate of drug-likeness (QED) is 0.534. The Morgan fingerprint density at radius 3 is 2.35 bits per heavy atom. The topological polar surface area (TPSA) is 110 Å². The van der Waals surface area contributed by atoms with E-state index < -0.39 is 23.5 Å². The Bertz CT molecular complexity index is 1210. The summed E-state index contributed by atoms with van der Waals surface area (Å²) in [7, 11) is 0. The molecule has 11 heteroatoms. The number of carbonyl (C=O) groups excluding carboxylic acids is 2. The number of rotatable bonds is 5. The number of hydrogen-bond donors (Lipinski definition) is 2. The van der Waals surface area contributed by atoms with Crippen LogP contribution in [0.15, 0.2) is 30.7 Å². The first kappa shape index (κ1) is 23.8. The Balaban J connectivity index is 1.63. The molecule has 0 spiro atoms. The van der Waals surface area contributed by atoms with Crippen LogP contribution in [0.3, 0.4) is 0 Å². The highest BCUT2D eigenvalue weighted by molar-refractivity contribution is 6.05. The summed E-state index contributed by atoms with van der Waals surface area (Å²) in [5.41, 5.74) is -0.160. The van der Waals surface area contributed by atoms with Crippen LogP contribution in [0, 0.1) is 5.92 Å². The van der Waals surface area contributed by atoms with Gasteiger partial charge in [0.15, 0.2) is 0 Å². The second kappa shape index (κ2) is 8.79. The Morgan fingerprint density at radius 2 is 1.79 bits per heavy atom. The van der Waals surface area contributed by atoms with Crippen LogP contribution in [-0.2, 0) is 16.6 Å². The van der Waals surface area contributed by atoms with Gasteiger partial charge in [0.1, 0.15) is 6.29 Å². The summed E-state index contributed by atoms with van der Waals surface area (Å²) in [6, 6.07) is 3.50. The Hall–Kier alpha value is -3.34. The van der Waals surface area contributed by atoms with Crippen molar-refractivity contribution in [1.29, 1.82) is 0 Å². The third-order valence-corrected chi connectivity index (χ3v) is 6.04. The summed E-state index contributed by atoms with van der Waals surface area (Å²) in [5.74, 6) is -1.96. The van der Waals surface area contributed by atoms with Gasteiger partial charge in [-0.3, -0.25) is 9.48 Å². The van der Waals surface area contributed by atoms with Crippen LogP contribution in [0.2, 0.25) is 0 Å². The predicted octanol–water partition coefficient (Wildman–Crippen LogP) is 4.26. The minimum Gasteiger partial charge on any atom is -0.386 e. The highest BCUT2D eigenvalue weighted by Crippen LogP contribution is 2.35. The number of aromatic nitrogens is 4. The summed E-state index contributed by atoms with van der Waals surface area (Å²) < 4.78 is 39.9. The summed E-state index contributed by atoms with van der Waals surface area (Å²) >= 11 is 0. The third-order valence-electron chi connectivity index (χ3n) is 6.04. The van der Waals surface area contributed by atoms with Gasteiger partial charge in [0.2, 0.25) is 5.82 Å². The molecule has 0 unspecified atom stereocenters. The molecule has 1 saturated carbocycles. The van der Waals surface area contributed by atoms with Crippen molar-refractivity contribution in [3.63, 3.8) is 0 Å². The average molecular weight is 475 g/mol. The van der Waals surface area contributed by atoms with Crippen molar-refractivity contribution in [3.05, 3.63) is 47.7 Å². The largest absolute Gasteiger partial charge is 0.451 e. The number of nitrogens with zero attached hydrogens (tertiary/aromatic N) is 4. The molecule has 1 amide bonds. The Morgan fingerprint density at radius 1 is 1.15 bits per heavy atom. The van der Waals surface area contributed by atoms with Crippen molar-refractivity contribution in [3.8, 4) is 0 Å². The zero-order valence-corrected chi connectivity index (χ0v) is 18.6. The van der Waals surface area contributed by atoms with Gasteiger partial charge >= 0.3 is 6.18 Å². The minimum absolute atomic E-state index is 0.0824. The molecular weight excluding hydrogens is 451 g/mol. The molecule has 4 rings (SSSR count). The molecular formula is C23H24F3N5O3. The maximum Gasteiger partial charge on any atom is 0.451 e. The second-order valence-corrected chi connectivity index (χ2v) is 9.08. The molecule has 34 heavy (non-hydrogen) atoms. The van der Waals surface area contributed by atoms with E-state index in [0.717, 1.165) is 49.7 Å². The average Bonchev–Trinajstić information content (AvgIpc) is 3.20. The monoisotopic (exact) mass is 475 g/mol. The fraction of sp³-hybridized carbons (Fsp3) is 0.435. The number of aldehydes is 1. The molecule has 1 fully saturated rings. The molecule has 0 aliphatic heterocycles. The normalized spacial score (nSPS) is 19.2. The fourth-order valence-corrected chi connectivity index (χ4v) is 4.18. The molecule has 0 atom stereocenters. The van der Waals surface area contributed by atoms with Crippen LogP contribution in [-0.4, -0.2) is 37.0 Å². The van der Waals surface area contributed by atoms with Gasteiger partial charge < -0.3 is 15.2 Å². The SMILES string of the molecule is CC(C)(O)c1cc2nn(C3CCC(C=O)CC3)cc2cc1NC(=O)c1cnc(C(F)(F)F)nc1. The van der Waals surface area contributed by atoms with Gasteiger partial charge in [0.25, 0.3) is 5.91 Å². The van der Waals surface area contributed by atoms with Gasteiger partial charge in [-0.1, -0.05) is 0 Å². The molecule has 0 radical (unpaired) electrons. The fourth-order valence-electron chi connectivity index (χ4n) is 4.18. The molecule has 2 N–H and O–H groups in total. The number of nitrogens with one attached hydrogen (secondary N) is 1. The predicted molar refractivity (Wildman–Crippen MR) is 117 cm³/mol. The summed E-state index contributed by atoms with van der Waals surface area (Å²) in [6.45, 7) is 3.12. The number of hydrogen-bond acceptors (Lipinski definition) is 6. The van der Waals surface area contributed by atoms with E-state index in [0.29, 0.717) is 16.8 Å². The maximum absolute atomic E-state index is 12.7. The Labute approximate surface area is 193 Å². The van der Waals surface area contributed by atoms with Gasteiger partial charge in [0, 0.05) is 41.1 Å². The lowest BCUT2D eigenvalue weighted by Gasteiger charge is -2.25. The van der Waals surface area contributed by atoms with E-state index in [9.17, 15) is 27.9 Å². The smallest absolute Gasteiger partial charge is 0.386 e. The number of fused-ring (bicyclic) bond motifs is 1. The van der Waals surface area contributed by atoms with E-state index in [2.05, 4.69) is 20.4 Å². The van der Waals surface area contributed by atoms with Gasteiger partial charge in [-0.05, 0) is 51.7 Å². The lowest BCUT2D eigenvalue weighted by Crippen LogP contribution is -2.21. The van der Waals surface area contributed by atoms with Gasteiger partial charge in [-0.15, -0.1) is 0 Å². The zero-order valence-electron chi connectivity index (χ0n) is 18.6. The van der Waals surface area contributed by atoms with Crippen LogP contribution in [0.4, 0.5) is 18.9 Å².